The molecule has 2 aromatic heterocycles. The third kappa shape index (κ3) is 5.70. The Hall–Kier alpha value is -2.59. The van der Waals surface area contributed by atoms with Crippen molar-refractivity contribution >= 4 is 17.2 Å². The Balaban J connectivity index is 1.48. The van der Waals surface area contributed by atoms with E-state index in [1.165, 1.54) is 4.88 Å². The number of nitrogens with one attached hydrogen (secondary N) is 1. The normalized spacial score (nSPS) is 20.0. The molecule has 9 heteroatoms. The molecule has 4 rings (SSSR count). The summed E-state index contributed by atoms with van der Waals surface area (Å²) in [5.74, 6) is -0.0663. The molecule has 2 N–H and O–H groups in total. The first kappa shape index (κ1) is 26.5. The standard InChI is InChI=1S/C27H36N4O4S/c1-16-11-22(35-30-16)23(27(3,4)5)26(33)31-14-20(32)12-21(31)25(34-6)28-13-18-7-9-19(10-8-18)24-17(2)29-15-36-24/h7-11,15,20-21,23,25,28,32H,12-14H2,1-6H3. The van der Waals surface area contributed by atoms with E-state index >= 15 is 0 Å². The summed E-state index contributed by atoms with van der Waals surface area (Å²) in [6, 6.07) is 9.87. The molecule has 1 aliphatic heterocycles. The van der Waals surface area contributed by atoms with Crippen LogP contribution in [-0.4, -0.2) is 58.1 Å². The number of nitrogens with zero attached hydrogens (tertiary/aromatic N) is 3. The number of hydrogen-bond donors (Lipinski definition) is 2. The Morgan fingerprint density at radius 1 is 1.31 bits per heavy atom. The minimum Gasteiger partial charge on any atom is -0.391 e. The van der Waals surface area contributed by atoms with Gasteiger partial charge in [0.15, 0.2) is 0 Å². The topological polar surface area (TPSA) is 101 Å². The van der Waals surface area contributed by atoms with Crippen molar-refractivity contribution in [1.29, 1.82) is 0 Å². The summed E-state index contributed by atoms with van der Waals surface area (Å²) >= 11 is 1.64. The zero-order valence-corrected chi connectivity index (χ0v) is 22.6. The van der Waals surface area contributed by atoms with Crippen LogP contribution in [0.1, 0.15) is 55.8 Å². The van der Waals surface area contributed by atoms with Crippen molar-refractivity contribution in [3.63, 3.8) is 0 Å². The molecular weight excluding hydrogens is 476 g/mol. The van der Waals surface area contributed by atoms with Crippen molar-refractivity contribution in [2.75, 3.05) is 13.7 Å². The van der Waals surface area contributed by atoms with E-state index in [1.807, 2.05) is 46.2 Å². The second-order valence-electron chi connectivity index (χ2n) is 10.6. The minimum absolute atomic E-state index is 0.0895. The maximum Gasteiger partial charge on any atom is 0.234 e. The number of likely N-dealkylation sites (tertiary alicyclic amines) is 1. The van der Waals surface area contributed by atoms with E-state index in [0.717, 1.165) is 22.5 Å². The van der Waals surface area contributed by atoms with Gasteiger partial charge in [0.1, 0.15) is 17.9 Å². The number of aryl methyl sites for hydroxylation is 2. The van der Waals surface area contributed by atoms with Gasteiger partial charge in [-0.1, -0.05) is 50.2 Å². The van der Waals surface area contributed by atoms with Gasteiger partial charge in [0, 0.05) is 26.3 Å². The molecule has 0 bridgehead atoms. The van der Waals surface area contributed by atoms with Crippen molar-refractivity contribution in [1.82, 2.24) is 20.4 Å². The lowest BCUT2D eigenvalue weighted by atomic mass is 9.78. The van der Waals surface area contributed by atoms with E-state index in [1.54, 1.807) is 23.3 Å². The van der Waals surface area contributed by atoms with Crippen LogP contribution in [0, 0.1) is 19.3 Å². The fourth-order valence-corrected chi connectivity index (χ4v) is 5.75. The number of thiazole rings is 1. The highest BCUT2D eigenvalue weighted by atomic mass is 32.1. The van der Waals surface area contributed by atoms with Crippen LogP contribution in [0.25, 0.3) is 10.4 Å². The smallest absolute Gasteiger partial charge is 0.234 e. The minimum atomic E-state index is -0.614. The zero-order chi connectivity index (χ0) is 26.0. The molecule has 0 spiro atoms. The third-order valence-corrected chi connectivity index (χ3v) is 7.70. The summed E-state index contributed by atoms with van der Waals surface area (Å²) < 4.78 is 11.3. The van der Waals surface area contributed by atoms with Crippen LogP contribution in [0.15, 0.2) is 40.4 Å². The van der Waals surface area contributed by atoms with Crippen LogP contribution in [0.4, 0.5) is 0 Å². The number of carbonyl (C=O) groups is 1. The van der Waals surface area contributed by atoms with E-state index < -0.39 is 23.7 Å². The fraction of sp³-hybridized carbons (Fsp3) is 0.519. The van der Waals surface area contributed by atoms with Crippen molar-refractivity contribution in [2.45, 2.75) is 71.9 Å². The number of carbonyl (C=O) groups excluding carboxylic acids is 1. The van der Waals surface area contributed by atoms with Gasteiger partial charge in [-0.2, -0.15) is 0 Å². The first-order chi connectivity index (χ1) is 17.1. The number of aliphatic hydroxyl groups is 1. The SMILES string of the molecule is COC(NCc1ccc(-c2scnc2C)cc1)C1CC(O)CN1C(=O)C(c1cc(C)no1)C(C)(C)C. The van der Waals surface area contributed by atoms with Gasteiger partial charge in [-0.05, 0) is 36.8 Å². The summed E-state index contributed by atoms with van der Waals surface area (Å²) in [7, 11) is 1.63. The van der Waals surface area contributed by atoms with E-state index in [4.69, 9.17) is 9.26 Å². The Morgan fingerprint density at radius 3 is 2.58 bits per heavy atom. The van der Waals surface area contributed by atoms with Gasteiger partial charge >= 0.3 is 0 Å². The number of aliphatic hydroxyl groups excluding tert-OH is 1. The highest BCUT2D eigenvalue weighted by Gasteiger charge is 2.46. The molecule has 1 fully saturated rings. The lowest BCUT2D eigenvalue weighted by molar-refractivity contribution is -0.140. The average Bonchev–Trinajstić information content (AvgIpc) is 3.54. The second kappa shape index (κ2) is 10.8. The highest BCUT2D eigenvalue weighted by molar-refractivity contribution is 7.13. The lowest BCUT2D eigenvalue weighted by Crippen LogP contribution is -2.52. The molecule has 36 heavy (non-hydrogen) atoms. The highest BCUT2D eigenvalue weighted by Crippen LogP contribution is 2.39. The average molecular weight is 513 g/mol. The maximum atomic E-state index is 13.9. The van der Waals surface area contributed by atoms with Gasteiger partial charge in [0.05, 0.1) is 33.9 Å². The number of rotatable bonds is 8. The van der Waals surface area contributed by atoms with Crippen molar-refractivity contribution in [3.05, 3.63) is 58.6 Å². The first-order valence-electron chi connectivity index (χ1n) is 12.3. The molecular formula is C27H36N4O4S. The van der Waals surface area contributed by atoms with Gasteiger partial charge < -0.3 is 19.3 Å². The molecule has 3 aromatic rings. The van der Waals surface area contributed by atoms with Crippen molar-refractivity contribution in [2.24, 2.45) is 5.41 Å². The third-order valence-electron chi connectivity index (χ3n) is 6.72. The van der Waals surface area contributed by atoms with Gasteiger partial charge in [-0.15, -0.1) is 11.3 Å². The number of β-amino-alcohol motifs (C(OH)–C–C–N with tert-alkyl or cyclic N) is 1. The number of hydrogen-bond acceptors (Lipinski definition) is 8. The summed E-state index contributed by atoms with van der Waals surface area (Å²) in [6.07, 6.45) is -0.614. The van der Waals surface area contributed by atoms with E-state index in [9.17, 15) is 9.90 Å². The molecule has 8 nitrogen and oxygen atoms in total. The molecule has 194 valence electrons. The van der Waals surface area contributed by atoms with Crippen LogP contribution in [0.2, 0.25) is 0 Å². The predicted molar refractivity (Wildman–Crippen MR) is 139 cm³/mol. The lowest BCUT2D eigenvalue weighted by Gasteiger charge is -2.36. The van der Waals surface area contributed by atoms with Crippen LogP contribution in [0.5, 0.6) is 0 Å². The number of aromatic nitrogens is 2. The summed E-state index contributed by atoms with van der Waals surface area (Å²) in [4.78, 5) is 21.1. The quantitative estimate of drug-likeness (QED) is 0.435. The van der Waals surface area contributed by atoms with Gasteiger partial charge in [-0.3, -0.25) is 10.1 Å². The van der Waals surface area contributed by atoms with Crippen LogP contribution < -0.4 is 5.32 Å². The maximum absolute atomic E-state index is 13.9. The summed E-state index contributed by atoms with van der Waals surface area (Å²) in [5.41, 5.74) is 5.48. The molecule has 1 saturated heterocycles. The van der Waals surface area contributed by atoms with E-state index in [2.05, 4.69) is 39.7 Å². The molecule has 0 radical (unpaired) electrons. The van der Waals surface area contributed by atoms with Gasteiger partial charge in [0.25, 0.3) is 0 Å². The zero-order valence-electron chi connectivity index (χ0n) is 21.8. The number of amides is 1. The predicted octanol–water partition coefficient (Wildman–Crippen LogP) is 4.27. The van der Waals surface area contributed by atoms with Crippen LogP contribution in [-0.2, 0) is 16.1 Å². The molecule has 1 amide bonds. The summed E-state index contributed by atoms with van der Waals surface area (Å²) in [6.45, 7) is 10.7. The molecule has 4 atom stereocenters. The number of methoxy groups -OCH3 is 1. The monoisotopic (exact) mass is 512 g/mol. The number of ether oxygens (including phenoxy) is 1. The molecule has 0 saturated carbocycles. The van der Waals surface area contributed by atoms with E-state index in [-0.39, 0.29) is 18.5 Å². The van der Waals surface area contributed by atoms with Crippen LogP contribution >= 0.6 is 11.3 Å². The van der Waals surface area contributed by atoms with E-state index in [0.29, 0.717) is 18.7 Å². The van der Waals surface area contributed by atoms with Crippen molar-refractivity contribution < 1.29 is 19.2 Å². The Kier molecular flexibility index (Phi) is 7.94. The van der Waals surface area contributed by atoms with Crippen molar-refractivity contribution in [3.8, 4) is 10.4 Å². The molecule has 1 aliphatic rings. The number of benzene rings is 1. The largest absolute Gasteiger partial charge is 0.391 e. The first-order valence-corrected chi connectivity index (χ1v) is 13.1. The Bertz CT molecular complexity index is 1170. The molecule has 0 aliphatic carbocycles. The fourth-order valence-electron chi connectivity index (χ4n) is 4.94. The summed E-state index contributed by atoms with van der Waals surface area (Å²) in [5, 5.41) is 18.0. The molecule has 4 unspecified atom stereocenters. The van der Waals surface area contributed by atoms with Gasteiger partial charge in [0.2, 0.25) is 5.91 Å². The van der Waals surface area contributed by atoms with Gasteiger partial charge in [-0.25, -0.2) is 4.98 Å². The van der Waals surface area contributed by atoms with Crippen LogP contribution in [0.3, 0.4) is 0 Å². The molecule has 3 heterocycles. The molecule has 1 aromatic carbocycles. The Labute approximate surface area is 216 Å². The Morgan fingerprint density at radius 2 is 2.03 bits per heavy atom. The second-order valence-corrected chi connectivity index (χ2v) is 11.5.